The van der Waals surface area contributed by atoms with Crippen molar-refractivity contribution in [3.63, 3.8) is 0 Å². The number of piperazine rings is 1. The van der Waals surface area contributed by atoms with Gasteiger partial charge in [0.2, 0.25) is 0 Å². The zero-order valence-corrected chi connectivity index (χ0v) is 15.3. The van der Waals surface area contributed by atoms with E-state index in [1.54, 1.807) is 41.3 Å². The highest BCUT2D eigenvalue weighted by Gasteiger charge is 2.26. The standard InChI is InChI=1S/C19H21N3O5/c1-26-15-11-14(12-16(13-15)27-2)19(23)21-9-7-20(8-10-21)17-5-3-4-6-18(17)22(24)25/h3-6,11-13H,7-10H2,1-2H3. The van der Waals surface area contributed by atoms with Crippen molar-refractivity contribution in [1.82, 2.24) is 4.90 Å². The van der Waals surface area contributed by atoms with Crippen LogP contribution in [0.5, 0.6) is 11.5 Å². The first-order chi connectivity index (χ1) is 13.0. The van der Waals surface area contributed by atoms with Crippen molar-refractivity contribution in [2.45, 2.75) is 0 Å². The van der Waals surface area contributed by atoms with Crippen LogP contribution >= 0.6 is 0 Å². The van der Waals surface area contributed by atoms with Gasteiger partial charge in [0.05, 0.1) is 19.1 Å². The van der Waals surface area contributed by atoms with E-state index in [1.807, 2.05) is 4.90 Å². The molecule has 142 valence electrons. The maximum absolute atomic E-state index is 12.8. The summed E-state index contributed by atoms with van der Waals surface area (Å²) in [4.78, 5) is 27.4. The van der Waals surface area contributed by atoms with Crippen molar-refractivity contribution in [2.75, 3.05) is 45.3 Å². The summed E-state index contributed by atoms with van der Waals surface area (Å²) in [6, 6.07) is 11.7. The summed E-state index contributed by atoms with van der Waals surface area (Å²) in [6.07, 6.45) is 0. The lowest BCUT2D eigenvalue weighted by atomic mass is 10.1. The van der Waals surface area contributed by atoms with Crippen molar-refractivity contribution in [3.8, 4) is 11.5 Å². The van der Waals surface area contributed by atoms with Crippen molar-refractivity contribution in [2.24, 2.45) is 0 Å². The number of para-hydroxylation sites is 2. The molecule has 1 aliphatic rings. The average molecular weight is 371 g/mol. The molecule has 0 radical (unpaired) electrons. The summed E-state index contributed by atoms with van der Waals surface area (Å²) in [5.41, 5.74) is 1.15. The topological polar surface area (TPSA) is 85.2 Å². The van der Waals surface area contributed by atoms with Gasteiger partial charge in [-0.05, 0) is 18.2 Å². The minimum atomic E-state index is -0.380. The van der Waals surface area contributed by atoms with Crippen LogP contribution < -0.4 is 14.4 Å². The van der Waals surface area contributed by atoms with Crippen LogP contribution in [0.1, 0.15) is 10.4 Å². The molecule has 8 nitrogen and oxygen atoms in total. The predicted molar refractivity (Wildman–Crippen MR) is 101 cm³/mol. The highest BCUT2D eigenvalue weighted by molar-refractivity contribution is 5.95. The van der Waals surface area contributed by atoms with Crippen LogP contribution in [0.4, 0.5) is 11.4 Å². The molecule has 1 fully saturated rings. The van der Waals surface area contributed by atoms with Crippen molar-refractivity contribution in [3.05, 3.63) is 58.1 Å². The van der Waals surface area contributed by atoms with E-state index in [0.717, 1.165) is 0 Å². The zero-order valence-electron chi connectivity index (χ0n) is 15.3. The second kappa shape index (κ2) is 7.94. The molecule has 0 atom stereocenters. The third-order valence-electron chi connectivity index (χ3n) is 4.58. The highest BCUT2D eigenvalue weighted by atomic mass is 16.6. The molecule has 1 aliphatic heterocycles. The van der Waals surface area contributed by atoms with Gasteiger partial charge in [0.25, 0.3) is 11.6 Å². The molecule has 0 spiro atoms. The molecule has 0 N–H and O–H groups in total. The van der Waals surface area contributed by atoms with Gasteiger partial charge in [0, 0.05) is 43.9 Å². The van der Waals surface area contributed by atoms with Gasteiger partial charge >= 0.3 is 0 Å². The maximum atomic E-state index is 12.8. The molecule has 0 bridgehead atoms. The van der Waals surface area contributed by atoms with Crippen LogP contribution in [0, 0.1) is 10.1 Å². The number of rotatable bonds is 5. The van der Waals surface area contributed by atoms with Gasteiger partial charge in [0.15, 0.2) is 0 Å². The Hall–Kier alpha value is -3.29. The third-order valence-corrected chi connectivity index (χ3v) is 4.58. The summed E-state index contributed by atoms with van der Waals surface area (Å²) in [6.45, 7) is 2.00. The Labute approximate surface area is 157 Å². The Kier molecular flexibility index (Phi) is 5.44. The molecule has 0 aliphatic carbocycles. The van der Waals surface area contributed by atoms with Gasteiger partial charge in [-0.3, -0.25) is 14.9 Å². The van der Waals surface area contributed by atoms with Gasteiger partial charge in [-0.25, -0.2) is 0 Å². The minimum Gasteiger partial charge on any atom is -0.497 e. The van der Waals surface area contributed by atoms with Crippen LogP contribution in [-0.2, 0) is 0 Å². The Morgan fingerprint density at radius 3 is 2.15 bits per heavy atom. The van der Waals surface area contributed by atoms with Crippen molar-refractivity contribution >= 4 is 17.3 Å². The smallest absolute Gasteiger partial charge is 0.292 e. The van der Waals surface area contributed by atoms with Gasteiger partial charge in [0.1, 0.15) is 17.2 Å². The molecule has 27 heavy (non-hydrogen) atoms. The number of anilines is 1. The first-order valence-electron chi connectivity index (χ1n) is 8.54. The molecular weight excluding hydrogens is 350 g/mol. The third kappa shape index (κ3) is 3.94. The summed E-state index contributed by atoms with van der Waals surface area (Å²) in [5, 5.41) is 11.2. The molecule has 2 aromatic rings. The zero-order chi connectivity index (χ0) is 19.4. The summed E-state index contributed by atoms with van der Waals surface area (Å²) >= 11 is 0. The van der Waals surface area contributed by atoms with Crippen LogP contribution in [0.25, 0.3) is 0 Å². The van der Waals surface area contributed by atoms with E-state index < -0.39 is 0 Å². The van der Waals surface area contributed by atoms with Crippen LogP contribution in [-0.4, -0.2) is 56.1 Å². The molecule has 1 saturated heterocycles. The number of methoxy groups -OCH3 is 2. The first-order valence-corrected chi connectivity index (χ1v) is 8.54. The number of carbonyl (C=O) groups is 1. The quantitative estimate of drug-likeness (QED) is 0.593. The normalized spacial score (nSPS) is 14.0. The lowest BCUT2D eigenvalue weighted by Crippen LogP contribution is -2.49. The first kappa shape index (κ1) is 18.5. The number of nitro groups is 1. The molecule has 8 heteroatoms. The number of ether oxygens (including phenoxy) is 2. The second-order valence-corrected chi connectivity index (χ2v) is 6.13. The molecule has 3 rings (SSSR count). The fraction of sp³-hybridized carbons (Fsp3) is 0.316. The molecule has 0 unspecified atom stereocenters. The van der Waals surface area contributed by atoms with Crippen molar-refractivity contribution in [1.29, 1.82) is 0 Å². The molecule has 1 amide bonds. The molecule has 0 saturated carbocycles. The average Bonchev–Trinajstić information content (AvgIpc) is 2.72. The fourth-order valence-corrected chi connectivity index (χ4v) is 3.15. The largest absolute Gasteiger partial charge is 0.497 e. The van der Waals surface area contributed by atoms with E-state index in [1.165, 1.54) is 20.3 Å². The lowest BCUT2D eigenvalue weighted by Gasteiger charge is -2.35. The highest BCUT2D eigenvalue weighted by Crippen LogP contribution is 2.29. The molecular formula is C19H21N3O5. The van der Waals surface area contributed by atoms with Crippen molar-refractivity contribution < 1.29 is 19.2 Å². The Bertz CT molecular complexity index is 825. The Morgan fingerprint density at radius 1 is 1.00 bits per heavy atom. The number of amides is 1. The van der Waals surface area contributed by atoms with E-state index in [2.05, 4.69) is 0 Å². The summed E-state index contributed by atoms with van der Waals surface area (Å²) < 4.78 is 10.4. The number of hydrogen-bond donors (Lipinski definition) is 0. The fourth-order valence-electron chi connectivity index (χ4n) is 3.15. The summed E-state index contributed by atoms with van der Waals surface area (Å²) in [7, 11) is 3.07. The Balaban J connectivity index is 1.73. The summed E-state index contributed by atoms with van der Waals surface area (Å²) in [5.74, 6) is 0.988. The molecule has 1 heterocycles. The predicted octanol–water partition coefficient (Wildman–Crippen LogP) is 2.57. The second-order valence-electron chi connectivity index (χ2n) is 6.13. The van der Waals surface area contributed by atoms with E-state index in [-0.39, 0.29) is 16.5 Å². The van der Waals surface area contributed by atoms with Crippen LogP contribution in [0.2, 0.25) is 0 Å². The number of hydrogen-bond acceptors (Lipinski definition) is 6. The van der Waals surface area contributed by atoms with E-state index >= 15 is 0 Å². The lowest BCUT2D eigenvalue weighted by molar-refractivity contribution is -0.384. The number of carbonyl (C=O) groups excluding carboxylic acids is 1. The number of nitro benzene ring substituents is 1. The number of nitrogens with zero attached hydrogens (tertiary/aromatic N) is 3. The van der Waals surface area contributed by atoms with Crippen LogP contribution in [0.3, 0.4) is 0 Å². The van der Waals surface area contributed by atoms with Gasteiger partial charge in [-0.1, -0.05) is 12.1 Å². The molecule has 0 aromatic heterocycles. The van der Waals surface area contributed by atoms with E-state index in [9.17, 15) is 14.9 Å². The monoisotopic (exact) mass is 371 g/mol. The number of benzene rings is 2. The maximum Gasteiger partial charge on any atom is 0.292 e. The Morgan fingerprint density at radius 2 is 1.59 bits per heavy atom. The van der Waals surface area contributed by atoms with Crippen LogP contribution in [0.15, 0.2) is 42.5 Å². The SMILES string of the molecule is COc1cc(OC)cc(C(=O)N2CCN(c3ccccc3[N+](=O)[O-])CC2)c1. The van der Waals surface area contributed by atoms with E-state index in [4.69, 9.17) is 9.47 Å². The van der Waals surface area contributed by atoms with Gasteiger partial charge in [-0.15, -0.1) is 0 Å². The van der Waals surface area contributed by atoms with Gasteiger partial charge < -0.3 is 19.3 Å². The van der Waals surface area contributed by atoms with E-state index in [0.29, 0.717) is 48.9 Å². The minimum absolute atomic E-state index is 0.0785. The van der Waals surface area contributed by atoms with Gasteiger partial charge in [-0.2, -0.15) is 0 Å². The molecule has 2 aromatic carbocycles.